The van der Waals surface area contributed by atoms with Gasteiger partial charge < -0.3 is 0 Å². The normalized spacial score (nSPS) is 12.2. The van der Waals surface area contributed by atoms with Crippen molar-refractivity contribution in [2.24, 2.45) is 5.92 Å². The minimum atomic E-state index is 0.534. The van der Waals surface area contributed by atoms with Gasteiger partial charge in [0.05, 0.1) is 5.69 Å². The van der Waals surface area contributed by atoms with Gasteiger partial charge in [-0.15, -0.1) is 11.3 Å². The molecule has 0 saturated heterocycles. The molecule has 94 valence electrons. The average Bonchev–Trinajstić information content (AvgIpc) is 2.64. The monoisotopic (exact) mass is 250 g/mol. The number of imidazole rings is 1. The molecule has 2 rings (SSSR count). The molecule has 0 aliphatic carbocycles. The number of hydrogen-bond donors (Lipinski definition) is 0. The Morgan fingerprint density at radius 1 is 1.18 bits per heavy atom. The van der Waals surface area contributed by atoms with Crippen molar-refractivity contribution >= 4 is 16.3 Å². The van der Waals surface area contributed by atoms with Crippen molar-refractivity contribution in [3.8, 4) is 0 Å². The van der Waals surface area contributed by atoms with Crippen LogP contribution in [0.1, 0.15) is 55.6 Å². The molecule has 0 atom stereocenters. The molecule has 0 amide bonds. The third-order valence-electron chi connectivity index (χ3n) is 3.20. The minimum absolute atomic E-state index is 0.534. The quantitative estimate of drug-likeness (QED) is 0.792. The lowest BCUT2D eigenvalue weighted by Gasteiger charge is -2.10. The predicted molar refractivity (Wildman–Crippen MR) is 75.2 cm³/mol. The predicted octanol–water partition coefficient (Wildman–Crippen LogP) is 4.33. The van der Waals surface area contributed by atoms with Gasteiger partial charge in [-0.1, -0.05) is 27.7 Å². The van der Waals surface area contributed by atoms with Crippen LogP contribution in [-0.4, -0.2) is 9.38 Å². The summed E-state index contributed by atoms with van der Waals surface area (Å²) in [4.78, 5) is 7.38. The Balaban J connectivity index is 2.65. The first-order valence-corrected chi connectivity index (χ1v) is 7.20. The highest BCUT2D eigenvalue weighted by Crippen LogP contribution is 2.30. The maximum Gasteiger partial charge on any atom is 0.194 e. The number of rotatable bonds is 3. The second-order valence-electron chi connectivity index (χ2n) is 5.56. The first-order chi connectivity index (χ1) is 7.91. The number of aromatic nitrogens is 2. The van der Waals surface area contributed by atoms with Gasteiger partial charge in [0, 0.05) is 16.3 Å². The molecule has 0 aliphatic rings. The molecule has 0 aliphatic heterocycles. The van der Waals surface area contributed by atoms with E-state index in [1.54, 1.807) is 0 Å². The lowest BCUT2D eigenvalue weighted by Crippen LogP contribution is -2.03. The summed E-state index contributed by atoms with van der Waals surface area (Å²) in [6, 6.07) is 0. The van der Waals surface area contributed by atoms with Crippen LogP contribution in [0.4, 0.5) is 0 Å². The van der Waals surface area contributed by atoms with Gasteiger partial charge in [0.1, 0.15) is 0 Å². The van der Waals surface area contributed by atoms with E-state index in [-0.39, 0.29) is 0 Å². The highest BCUT2D eigenvalue weighted by Gasteiger charge is 2.19. The van der Waals surface area contributed by atoms with Crippen LogP contribution >= 0.6 is 11.3 Å². The van der Waals surface area contributed by atoms with E-state index in [0.29, 0.717) is 11.8 Å². The Hall–Kier alpha value is -0.830. The highest BCUT2D eigenvalue weighted by atomic mass is 32.1. The zero-order valence-corrected chi connectivity index (χ0v) is 12.5. The van der Waals surface area contributed by atoms with Crippen LogP contribution < -0.4 is 0 Å². The van der Waals surface area contributed by atoms with Gasteiger partial charge in [-0.25, -0.2) is 4.98 Å². The molecular formula is C14H22N2S. The van der Waals surface area contributed by atoms with Crippen molar-refractivity contribution in [1.82, 2.24) is 9.38 Å². The summed E-state index contributed by atoms with van der Waals surface area (Å²) in [6.07, 6.45) is 1.08. The largest absolute Gasteiger partial charge is 0.291 e. The number of fused-ring (bicyclic) bond motifs is 1. The summed E-state index contributed by atoms with van der Waals surface area (Å²) in [5.74, 6) is 1.20. The average molecular weight is 250 g/mol. The molecule has 17 heavy (non-hydrogen) atoms. The van der Waals surface area contributed by atoms with E-state index in [1.807, 2.05) is 11.3 Å². The molecule has 0 radical (unpaired) electrons. The standard InChI is InChI=1S/C14H22N2S/c1-8(2)7-12-13(9(3)4)16-10(5)11(6)17-14(16)15-12/h8-9H,7H2,1-6H3. The molecule has 2 aromatic heterocycles. The van der Waals surface area contributed by atoms with Gasteiger partial charge >= 0.3 is 0 Å². The Labute approximate surface area is 108 Å². The number of nitrogens with zero attached hydrogens (tertiary/aromatic N) is 2. The molecule has 2 aromatic rings. The van der Waals surface area contributed by atoms with E-state index in [4.69, 9.17) is 4.98 Å². The molecule has 0 aromatic carbocycles. The van der Waals surface area contributed by atoms with Crippen LogP contribution in [0.5, 0.6) is 0 Å². The molecule has 2 nitrogen and oxygen atoms in total. The van der Waals surface area contributed by atoms with Crippen LogP contribution in [-0.2, 0) is 6.42 Å². The maximum atomic E-state index is 4.84. The summed E-state index contributed by atoms with van der Waals surface area (Å²) in [6.45, 7) is 13.4. The van der Waals surface area contributed by atoms with Gasteiger partial charge in [0.2, 0.25) is 0 Å². The van der Waals surface area contributed by atoms with E-state index >= 15 is 0 Å². The topological polar surface area (TPSA) is 17.3 Å². The van der Waals surface area contributed by atoms with E-state index in [0.717, 1.165) is 6.42 Å². The third kappa shape index (κ3) is 2.13. The Morgan fingerprint density at radius 3 is 2.35 bits per heavy atom. The van der Waals surface area contributed by atoms with Crippen molar-refractivity contribution in [2.75, 3.05) is 0 Å². The van der Waals surface area contributed by atoms with E-state index in [1.165, 1.54) is 26.9 Å². The zero-order valence-electron chi connectivity index (χ0n) is 11.7. The lowest BCUT2D eigenvalue weighted by atomic mass is 10.0. The molecule has 0 unspecified atom stereocenters. The van der Waals surface area contributed by atoms with Gasteiger partial charge in [0.25, 0.3) is 0 Å². The summed E-state index contributed by atoms with van der Waals surface area (Å²) in [5, 5.41) is 0. The first kappa shape index (κ1) is 12.6. The highest BCUT2D eigenvalue weighted by molar-refractivity contribution is 7.17. The van der Waals surface area contributed by atoms with Gasteiger partial charge in [-0.2, -0.15) is 0 Å². The summed E-state index contributed by atoms with van der Waals surface area (Å²) in [5.41, 5.74) is 4.07. The molecule has 2 heterocycles. The van der Waals surface area contributed by atoms with Crippen molar-refractivity contribution in [3.05, 3.63) is 22.0 Å². The van der Waals surface area contributed by atoms with Gasteiger partial charge in [-0.3, -0.25) is 4.40 Å². The van der Waals surface area contributed by atoms with Crippen LogP contribution in [0.15, 0.2) is 0 Å². The fourth-order valence-electron chi connectivity index (χ4n) is 2.34. The smallest absolute Gasteiger partial charge is 0.194 e. The van der Waals surface area contributed by atoms with E-state index in [9.17, 15) is 0 Å². The second kappa shape index (κ2) is 4.45. The van der Waals surface area contributed by atoms with Crippen LogP contribution in [0.3, 0.4) is 0 Å². The zero-order chi connectivity index (χ0) is 12.7. The number of hydrogen-bond acceptors (Lipinski definition) is 2. The molecule has 0 saturated carbocycles. The SMILES string of the molecule is Cc1sc2nc(CC(C)C)c(C(C)C)n2c1C. The number of aryl methyl sites for hydroxylation is 2. The molecule has 3 heteroatoms. The van der Waals surface area contributed by atoms with Gasteiger partial charge in [-0.05, 0) is 32.1 Å². The van der Waals surface area contributed by atoms with Crippen LogP contribution in [0.25, 0.3) is 4.96 Å². The van der Waals surface area contributed by atoms with Crippen molar-refractivity contribution < 1.29 is 0 Å². The number of thiazole rings is 1. The first-order valence-electron chi connectivity index (χ1n) is 6.39. The fourth-order valence-corrected chi connectivity index (χ4v) is 3.34. The fraction of sp³-hybridized carbons (Fsp3) is 0.643. The summed E-state index contributed by atoms with van der Waals surface area (Å²) in [7, 11) is 0. The molecule has 0 spiro atoms. The second-order valence-corrected chi connectivity index (χ2v) is 6.74. The molecule has 0 N–H and O–H groups in total. The molecular weight excluding hydrogens is 228 g/mol. The Bertz CT molecular complexity index is 532. The summed E-state index contributed by atoms with van der Waals surface area (Å²) >= 11 is 1.81. The maximum absolute atomic E-state index is 4.84. The van der Waals surface area contributed by atoms with E-state index in [2.05, 4.69) is 45.9 Å². The van der Waals surface area contributed by atoms with E-state index < -0.39 is 0 Å². The summed E-state index contributed by atoms with van der Waals surface area (Å²) < 4.78 is 2.36. The van der Waals surface area contributed by atoms with Crippen LogP contribution in [0, 0.1) is 19.8 Å². The third-order valence-corrected chi connectivity index (χ3v) is 4.25. The Kier molecular flexibility index (Phi) is 3.30. The lowest BCUT2D eigenvalue weighted by molar-refractivity contribution is 0.625. The Morgan fingerprint density at radius 2 is 1.82 bits per heavy atom. The van der Waals surface area contributed by atoms with Crippen molar-refractivity contribution in [3.63, 3.8) is 0 Å². The van der Waals surface area contributed by atoms with Crippen molar-refractivity contribution in [2.45, 2.75) is 53.9 Å². The minimum Gasteiger partial charge on any atom is -0.291 e. The van der Waals surface area contributed by atoms with Gasteiger partial charge in [0.15, 0.2) is 4.96 Å². The van der Waals surface area contributed by atoms with Crippen LogP contribution in [0.2, 0.25) is 0 Å². The van der Waals surface area contributed by atoms with Crippen molar-refractivity contribution in [1.29, 1.82) is 0 Å². The molecule has 0 bridgehead atoms. The molecule has 0 fully saturated rings.